The van der Waals surface area contributed by atoms with Gasteiger partial charge in [-0.2, -0.15) is 0 Å². The third-order valence-electron chi connectivity index (χ3n) is 2.59. The fourth-order valence-electron chi connectivity index (χ4n) is 1.67. The highest BCUT2D eigenvalue weighted by molar-refractivity contribution is 5.32. The first-order valence-corrected chi connectivity index (χ1v) is 5.95. The molecule has 0 saturated heterocycles. The number of rotatable bonds is 6. The van der Waals surface area contributed by atoms with Crippen LogP contribution in [0, 0.1) is 6.92 Å². The van der Waals surface area contributed by atoms with Crippen LogP contribution in [0.4, 0.5) is 5.95 Å². The molecule has 0 spiro atoms. The zero-order valence-corrected chi connectivity index (χ0v) is 10.7. The van der Waals surface area contributed by atoms with Crippen molar-refractivity contribution in [2.45, 2.75) is 33.7 Å². The van der Waals surface area contributed by atoms with E-state index in [1.165, 1.54) is 5.56 Å². The molecule has 1 heterocycles. The van der Waals surface area contributed by atoms with Gasteiger partial charge < -0.3 is 10.2 Å². The Morgan fingerprint density at radius 1 is 1.38 bits per heavy atom. The molecule has 0 aliphatic rings. The monoisotopic (exact) mass is 222 g/mol. The second-order valence-electron chi connectivity index (χ2n) is 3.89. The molecule has 0 bridgehead atoms. The van der Waals surface area contributed by atoms with Gasteiger partial charge in [0.2, 0.25) is 5.95 Å². The first kappa shape index (κ1) is 12.9. The van der Waals surface area contributed by atoms with Gasteiger partial charge in [0, 0.05) is 37.1 Å². The summed E-state index contributed by atoms with van der Waals surface area (Å²) in [5, 5.41) is 3.12. The summed E-state index contributed by atoms with van der Waals surface area (Å²) in [4.78, 5) is 11.2. The summed E-state index contributed by atoms with van der Waals surface area (Å²) >= 11 is 0. The first-order valence-electron chi connectivity index (χ1n) is 5.95. The smallest absolute Gasteiger partial charge is 0.225 e. The molecule has 0 fully saturated rings. The van der Waals surface area contributed by atoms with Crippen molar-refractivity contribution in [3.8, 4) is 0 Å². The van der Waals surface area contributed by atoms with Crippen LogP contribution in [0.15, 0.2) is 6.20 Å². The van der Waals surface area contributed by atoms with Crippen molar-refractivity contribution in [2.24, 2.45) is 0 Å². The number of hydrogen-bond acceptors (Lipinski definition) is 4. The van der Waals surface area contributed by atoms with Gasteiger partial charge in [0.05, 0.1) is 0 Å². The summed E-state index contributed by atoms with van der Waals surface area (Å²) in [6.07, 6.45) is 3.04. The average molecular weight is 222 g/mol. The van der Waals surface area contributed by atoms with Gasteiger partial charge in [-0.1, -0.05) is 6.92 Å². The Morgan fingerprint density at radius 3 is 2.62 bits per heavy atom. The van der Waals surface area contributed by atoms with Crippen LogP contribution in [0.25, 0.3) is 0 Å². The summed E-state index contributed by atoms with van der Waals surface area (Å²) < 4.78 is 0. The molecule has 1 aromatic heterocycles. The predicted molar refractivity (Wildman–Crippen MR) is 67.7 cm³/mol. The van der Waals surface area contributed by atoms with Crippen LogP contribution >= 0.6 is 0 Å². The summed E-state index contributed by atoms with van der Waals surface area (Å²) in [6, 6.07) is 0. The van der Waals surface area contributed by atoms with Crippen LogP contribution in [0.3, 0.4) is 0 Å². The molecule has 1 rings (SSSR count). The SMILES string of the molecule is CCCN(CC)c1ncc(CNC)c(C)n1. The van der Waals surface area contributed by atoms with Gasteiger partial charge in [-0.15, -0.1) is 0 Å². The molecular formula is C12H22N4. The predicted octanol–water partition coefficient (Wildman–Crippen LogP) is 1.74. The molecule has 0 atom stereocenters. The molecule has 16 heavy (non-hydrogen) atoms. The molecule has 0 aromatic carbocycles. The fourth-order valence-corrected chi connectivity index (χ4v) is 1.67. The van der Waals surface area contributed by atoms with E-state index in [-0.39, 0.29) is 0 Å². The van der Waals surface area contributed by atoms with E-state index in [0.29, 0.717) is 0 Å². The van der Waals surface area contributed by atoms with Gasteiger partial charge in [-0.25, -0.2) is 9.97 Å². The molecule has 0 aliphatic heterocycles. The van der Waals surface area contributed by atoms with Gasteiger partial charge in [-0.3, -0.25) is 0 Å². The van der Waals surface area contributed by atoms with Gasteiger partial charge in [0.15, 0.2) is 0 Å². The van der Waals surface area contributed by atoms with Crippen molar-refractivity contribution in [3.63, 3.8) is 0 Å². The van der Waals surface area contributed by atoms with Crippen LogP contribution in [0.2, 0.25) is 0 Å². The third-order valence-corrected chi connectivity index (χ3v) is 2.59. The van der Waals surface area contributed by atoms with Crippen molar-refractivity contribution in [1.29, 1.82) is 0 Å². The Kier molecular flexibility index (Phi) is 5.19. The summed E-state index contributed by atoms with van der Waals surface area (Å²) in [5.41, 5.74) is 2.23. The second kappa shape index (κ2) is 6.43. The van der Waals surface area contributed by atoms with Crippen molar-refractivity contribution >= 4 is 5.95 Å². The Balaban J connectivity index is 2.85. The number of hydrogen-bond donors (Lipinski definition) is 1. The Bertz CT molecular complexity index is 325. The minimum absolute atomic E-state index is 0.825. The lowest BCUT2D eigenvalue weighted by atomic mass is 10.2. The molecular weight excluding hydrogens is 200 g/mol. The third kappa shape index (κ3) is 3.17. The van der Waals surface area contributed by atoms with E-state index >= 15 is 0 Å². The van der Waals surface area contributed by atoms with E-state index < -0.39 is 0 Å². The molecule has 1 aromatic rings. The Morgan fingerprint density at radius 2 is 2.12 bits per heavy atom. The molecule has 1 N–H and O–H groups in total. The van der Waals surface area contributed by atoms with E-state index in [9.17, 15) is 0 Å². The highest BCUT2D eigenvalue weighted by atomic mass is 15.2. The summed E-state index contributed by atoms with van der Waals surface area (Å²) in [5.74, 6) is 0.849. The van der Waals surface area contributed by atoms with E-state index in [2.05, 4.69) is 34.0 Å². The molecule has 0 unspecified atom stereocenters. The second-order valence-corrected chi connectivity index (χ2v) is 3.89. The van der Waals surface area contributed by atoms with Crippen molar-refractivity contribution in [3.05, 3.63) is 17.5 Å². The average Bonchev–Trinajstić information content (AvgIpc) is 2.29. The lowest BCUT2D eigenvalue weighted by Crippen LogP contribution is -2.26. The van der Waals surface area contributed by atoms with E-state index in [1.807, 2.05) is 20.2 Å². The number of nitrogens with zero attached hydrogens (tertiary/aromatic N) is 3. The maximum absolute atomic E-state index is 4.56. The van der Waals surface area contributed by atoms with Crippen LogP contribution in [-0.4, -0.2) is 30.1 Å². The maximum atomic E-state index is 4.56. The van der Waals surface area contributed by atoms with E-state index in [4.69, 9.17) is 0 Å². The summed E-state index contributed by atoms with van der Waals surface area (Å²) in [6.45, 7) is 9.14. The lowest BCUT2D eigenvalue weighted by molar-refractivity contribution is 0.746. The van der Waals surface area contributed by atoms with Crippen molar-refractivity contribution < 1.29 is 0 Å². The number of aryl methyl sites for hydroxylation is 1. The van der Waals surface area contributed by atoms with E-state index in [0.717, 1.165) is 37.7 Å². The van der Waals surface area contributed by atoms with Gasteiger partial charge in [-0.05, 0) is 27.3 Å². The van der Waals surface area contributed by atoms with Crippen LogP contribution in [-0.2, 0) is 6.54 Å². The first-order chi connectivity index (χ1) is 7.72. The van der Waals surface area contributed by atoms with Crippen molar-refractivity contribution in [2.75, 3.05) is 25.0 Å². The van der Waals surface area contributed by atoms with Crippen molar-refractivity contribution in [1.82, 2.24) is 15.3 Å². The zero-order valence-electron chi connectivity index (χ0n) is 10.7. The van der Waals surface area contributed by atoms with E-state index in [1.54, 1.807) is 0 Å². The Hall–Kier alpha value is -1.16. The summed E-state index contributed by atoms with van der Waals surface area (Å²) in [7, 11) is 1.93. The minimum atomic E-state index is 0.825. The maximum Gasteiger partial charge on any atom is 0.225 e. The standard InChI is InChI=1S/C12H22N4/c1-5-7-16(6-2)12-14-9-11(8-13-4)10(3)15-12/h9,13H,5-8H2,1-4H3. The number of aromatic nitrogens is 2. The minimum Gasteiger partial charge on any atom is -0.341 e. The van der Waals surface area contributed by atoms with Crippen LogP contribution < -0.4 is 10.2 Å². The largest absolute Gasteiger partial charge is 0.341 e. The lowest BCUT2D eigenvalue weighted by Gasteiger charge is -2.20. The molecule has 0 radical (unpaired) electrons. The zero-order chi connectivity index (χ0) is 12.0. The topological polar surface area (TPSA) is 41.1 Å². The van der Waals surface area contributed by atoms with Gasteiger partial charge in [0.25, 0.3) is 0 Å². The molecule has 0 saturated carbocycles. The molecule has 4 nitrogen and oxygen atoms in total. The fraction of sp³-hybridized carbons (Fsp3) is 0.667. The highest BCUT2D eigenvalue weighted by Gasteiger charge is 2.08. The highest BCUT2D eigenvalue weighted by Crippen LogP contribution is 2.11. The molecule has 4 heteroatoms. The van der Waals surface area contributed by atoms with Gasteiger partial charge in [0.1, 0.15) is 0 Å². The molecule has 0 aliphatic carbocycles. The van der Waals surface area contributed by atoms with Crippen LogP contribution in [0.1, 0.15) is 31.5 Å². The molecule has 90 valence electrons. The van der Waals surface area contributed by atoms with Gasteiger partial charge >= 0.3 is 0 Å². The quantitative estimate of drug-likeness (QED) is 0.796. The molecule has 0 amide bonds. The normalized spacial score (nSPS) is 10.5. The number of anilines is 1. The number of nitrogens with one attached hydrogen (secondary N) is 1. The Labute approximate surface area is 98.1 Å². The van der Waals surface area contributed by atoms with Crippen LogP contribution in [0.5, 0.6) is 0 Å².